The number of alkyl halides is 3. The number of benzene rings is 1. The van der Waals surface area contributed by atoms with E-state index in [1.807, 2.05) is 12.1 Å². The number of carbonyl (C=O) groups excluding carboxylic acids is 1. The van der Waals surface area contributed by atoms with Gasteiger partial charge in [0, 0.05) is 41.8 Å². The lowest BCUT2D eigenvalue weighted by Crippen LogP contribution is -2.53. The van der Waals surface area contributed by atoms with Gasteiger partial charge in [0.15, 0.2) is 6.04 Å². The maximum Gasteiger partial charge on any atom is 0.410 e. The van der Waals surface area contributed by atoms with Crippen molar-refractivity contribution < 1.29 is 18.0 Å². The molecule has 1 aromatic carbocycles. The minimum Gasteiger partial charge on any atom is -0.368 e. The summed E-state index contributed by atoms with van der Waals surface area (Å²) in [5.74, 6) is -0.357. The van der Waals surface area contributed by atoms with Gasteiger partial charge in [-0.05, 0) is 29.8 Å². The number of hydrogen-bond acceptors (Lipinski definition) is 5. The van der Waals surface area contributed by atoms with Crippen LogP contribution in [0, 0.1) is 0 Å². The molecule has 1 unspecified atom stereocenters. The highest BCUT2D eigenvalue weighted by atomic mass is 35.5. The summed E-state index contributed by atoms with van der Waals surface area (Å²) in [6, 6.07) is 5.20. The Bertz CT molecular complexity index is 863. The molecule has 1 saturated heterocycles. The molecule has 13 heteroatoms. The van der Waals surface area contributed by atoms with Gasteiger partial charge in [-0.1, -0.05) is 28.3 Å². The minimum atomic E-state index is -4.65. The third-order valence-electron chi connectivity index (χ3n) is 4.87. The van der Waals surface area contributed by atoms with E-state index in [9.17, 15) is 18.0 Å². The predicted octanol–water partition coefficient (Wildman–Crippen LogP) is 3.50. The third kappa shape index (κ3) is 5.04. The van der Waals surface area contributed by atoms with Crippen LogP contribution in [0.2, 0.25) is 5.02 Å². The molecule has 0 bridgehead atoms. The molecule has 3 rings (SSSR count). The van der Waals surface area contributed by atoms with Gasteiger partial charge in [-0.2, -0.15) is 13.2 Å². The van der Waals surface area contributed by atoms with Gasteiger partial charge in [0.1, 0.15) is 6.54 Å². The second-order valence-electron chi connectivity index (χ2n) is 6.72. The summed E-state index contributed by atoms with van der Waals surface area (Å²) in [7, 11) is 0. The lowest BCUT2D eigenvalue weighted by atomic mass is 10.2. The summed E-state index contributed by atoms with van der Waals surface area (Å²) in [6.07, 6.45) is -4.65. The van der Waals surface area contributed by atoms with E-state index in [-0.39, 0.29) is 18.1 Å². The van der Waals surface area contributed by atoms with Gasteiger partial charge >= 0.3 is 6.18 Å². The van der Waals surface area contributed by atoms with E-state index in [1.165, 1.54) is 0 Å². The molecule has 1 fully saturated rings. The normalized spacial score (nSPS) is 19.9. The van der Waals surface area contributed by atoms with Crippen LogP contribution in [-0.4, -0.2) is 67.3 Å². The van der Waals surface area contributed by atoms with E-state index in [0.29, 0.717) is 31.2 Å². The molecule has 1 aromatic rings. The average molecular weight is 464 g/mol. The Balaban J connectivity index is 1.62. The van der Waals surface area contributed by atoms with E-state index in [4.69, 9.17) is 28.7 Å². The van der Waals surface area contributed by atoms with Crippen molar-refractivity contribution in [2.75, 3.05) is 44.2 Å². The van der Waals surface area contributed by atoms with E-state index in [1.54, 1.807) is 17.0 Å². The van der Waals surface area contributed by atoms with Crippen LogP contribution in [-0.2, 0) is 4.79 Å². The molecule has 30 heavy (non-hydrogen) atoms. The van der Waals surface area contributed by atoms with E-state index < -0.39 is 23.8 Å². The highest BCUT2D eigenvalue weighted by Crippen LogP contribution is 2.35. The molecule has 2 heterocycles. The lowest BCUT2D eigenvalue weighted by Gasteiger charge is -2.37. The van der Waals surface area contributed by atoms with Gasteiger partial charge in [0.05, 0.1) is 17.3 Å². The number of carbonyl (C=O) groups is 1. The maximum absolute atomic E-state index is 13.2. The average Bonchev–Trinajstić information content (AvgIpc) is 3.02. The first-order valence-corrected chi connectivity index (χ1v) is 9.74. The Hall–Kier alpha value is -2.33. The molecule has 0 saturated carbocycles. The molecule has 0 radical (unpaired) electrons. The second kappa shape index (κ2) is 9.22. The zero-order chi connectivity index (χ0) is 21.9. The smallest absolute Gasteiger partial charge is 0.368 e. The molecule has 162 valence electrons. The Morgan fingerprint density at radius 1 is 1.20 bits per heavy atom. The van der Waals surface area contributed by atoms with Gasteiger partial charge in [-0.3, -0.25) is 4.79 Å². The maximum atomic E-state index is 13.2. The van der Waals surface area contributed by atoms with E-state index in [0.717, 1.165) is 10.7 Å². The molecule has 1 amide bonds. The van der Waals surface area contributed by atoms with Crippen molar-refractivity contribution in [2.24, 2.45) is 5.11 Å². The van der Waals surface area contributed by atoms with Crippen molar-refractivity contribution in [3.8, 4) is 0 Å². The molecule has 0 aliphatic carbocycles. The minimum absolute atomic E-state index is 0.0649. The third-order valence-corrected chi connectivity index (χ3v) is 5.56. The number of halogens is 5. The summed E-state index contributed by atoms with van der Waals surface area (Å²) in [6.45, 7) is 1.23. The fourth-order valence-corrected chi connectivity index (χ4v) is 3.76. The first kappa shape index (κ1) is 22.4. The highest BCUT2D eigenvalue weighted by molar-refractivity contribution is 6.31. The summed E-state index contributed by atoms with van der Waals surface area (Å²) in [5, 5.41) is 4.40. The highest BCUT2D eigenvalue weighted by Gasteiger charge is 2.48. The fourth-order valence-electron chi connectivity index (χ4n) is 3.30. The summed E-state index contributed by atoms with van der Waals surface area (Å²) < 4.78 is 39.5. The molecule has 8 nitrogen and oxygen atoms in total. The van der Waals surface area contributed by atoms with E-state index in [2.05, 4.69) is 20.4 Å². The number of nitrogens with zero attached hydrogens (tertiary/aromatic N) is 6. The number of amides is 1. The van der Waals surface area contributed by atoms with Crippen molar-refractivity contribution in [1.29, 1.82) is 0 Å². The number of hydrogen-bond donors (Lipinski definition) is 1. The monoisotopic (exact) mass is 463 g/mol. The molecule has 0 spiro atoms. The van der Waals surface area contributed by atoms with Crippen molar-refractivity contribution >= 4 is 34.8 Å². The second-order valence-corrected chi connectivity index (χ2v) is 7.56. The number of nitrogens with one attached hydrogen (secondary N) is 1. The first-order chi connectivity index (χ1) is 14.2. The quantitative estimate of drug-likeness (QED) is 0.411. The van der Waals surface area contributed by atoms with Gasteiger partial charge in [0.2, 0.25) is 5.91 Å². The molecular weight excluding hydrogens is 446 g/mol. The number of rotatable bonds is 5. The lowest BCUT2D eigenvalue weighted by molar-refractivity contribution is -0.153. The number of azide groups is 1. The molecule has 1 N–H and O–H groups in total. The van der Waals surface area contributed by atoms with Gasteiger partial charge in [-0.15, -0.1) is 0 Å². The Morgan fingerprint density at radius 3 is 2.40 bits per heavy atom. The Kier molecular flexibility index (Phi) is 6.87. The molecule has 2 aliphatic rings. The van der Waals surface area contributed by atoms with Crippen LogP contribution >= 0.6 is 23.2 Å². The topological polar surface area (TPSA) is 87.6 Å². The van der Waals surface area contributed by atoms with E-state index >= 15 is 0 Å². The summed E-state index contributed by atoms with van der Waals surface area (Å²) in [5.41, 5.74) is 11.6. The van der Waals surface area contributed by atoms with Gasteiger partial charge < -0.3 is 14.8 Å². The standard InChI is InChI=1S/C17H18Cl2F3N7O/c18-11-1-3-12(4-2-11)27-5-7-28(8-6-27)14(30)10-29-13(9-24-26-23)15(19)16(25-29)17(20,21)22/h1-4,16,25H,5-10H2. The van der Waals surface area contributed by atoms with Crippen LogP contribution in [0.15, 0.2) is 40.1 Å². The van der Waals surface area contributed by atoms with Gasteiger partial charge in [-0.25, -0.2) is 5.43 Å². The zero-order valence-electron chi connectivity index (χ0n) is 15.6. The zero-order valence-corrected chi connectivity index (χ0v) is 17.1. The molecule has 2 aliphatic heterocycles. The fraction of sp³-hybridized carbons (Fsp3) is 0.471. The number of piperazine rings is 1. The van der Waals surface area contributed by atoms with Crippen LogP contribution in [0.4, 0.5) is 18.9 Å². The Morgan fingerprint density at radius 2 is 1.83 bits per heavy atom. The number of anilines is 1. The largest absolute Gasteiger partial charge is 0.410 e. The first-order valence-electron chi connectivity index (χ1n) is 8.99. The molecular formula is C17H18Cl2F3N7O. The van der Waals surface area contributed by atoms with Crippen LogP contribution in [0.5, 0.6) is 0 Å². The van der Waals surface area contributed by atoms with Gasteiger partial charge in [0.25, 0.3) is 0 Å². The summed E-state index contributed by atoms with van der Waals surface area (Å²) in [4.78, 5) is 18.9. The van der Waals surface area contributed by atoms with Crippen LogP contribution in [0.1, 0.15) is 0 Å². The van der Waals surface area contributed by atoms with Crippen molar-refractivity contribution in [3.63, 3.8) is 0 Å². The SMILES string of the molecule is [N-]=[N+]=NCC1=C(Cl)C(C(F)(F)F)NN1CC(=O)N1CCN(c2ccc(Cl)cc2)CC1. The van der Waals surface area contributed by atoms with Crippen LogP contribution in [0.3, 0.4) is 0 Å². The summed E-state index contributed by atoms with van der Waals surface area (Å²) >= 11 is 11.8. The van der Waals surface area contributed by atoms with Crippen molar-refractivity contribution in [1.82, 2.24) is 15.3 Å². The number of hydrazine groups is 1. The van der Waals surface area contributed by atoms with Crippen molar-refractivity contribution in [3.05, 3.63) is 50.5 Å². The van der Waals surface area contributed by atoms with Crippen LogP contribution in [0.25, 0.3) is 10.4 Å². The van der Waals surface area contributed by atoms with Crippen LogP contribution < -0.4 is 10.3 Å². The predicted molar refractivity (Wildman–Crippen MR) is 107 cm³/mol. The van der Waals surface area contributed by atoms with Crippen molar-refractivity contribution in [2.45, 2.75) is 12.2 Å². The molecule has 1 atom stereocenters. The Labute approximate surface area is 180 Å². The molecule has 0 aromatic heterocycles.